The van der Waals surface area contributed by atoms with Crippen molar-refractivity contribution >= 4 is 15.9 Å². The van der Waals surface area contributed by atoms with Crippen LogP contribution in [0.15, 0.2) is 22.7 Å². The maximum Gasteiger partial charge on any atom is 0.128 e. The van der Waals surface area contributed by atoms with Gasteiger partial charge in [-0.2, -0.15) is 0 Å². The second-order valence-electron chi connectivity index (χ2n) is 4.93. The van der Waals surface area contributed by atoms with Gasteiger partial charge in [0.25, 0.3) is 0 Å². The van der Waals surface area contributed by atoms with Gasteiger partial charge in [-0.25, -0.2) is 4.39 Å². The highest BCUT2D eigenvalue weighted by atomic mass is 79.9. The predicted molar refractivity (Wildman–Crippen MR) is 69.8 cm³/mol. The summed E-state index contributed by atoms with van der Waals surface area (Å²) in [6, 6.07) is 5.10. The number of hydrogen-bond donors (Lipinski definition) is 1. The topological polar surface area (TPSA) is 21.3 Å². The normalized spacial score (nSPS) is 17.2. The molecule has 1 aromatic rings. The van der Waals surface area contributed by atoms with Gasteiger partial charge in [-0.3, -0.25) is 0 Å². The van der Waals surface area contributed by atoms with Crippen LogP contribution in [0.5, 0.6) is 5.75 Å². The molecule has 1 aromatic carbocycles. The summed E-state index contributed by atoms with van der Waals surface area (Å²) in [6.45, 7) is 5.03. The van der Waals surface area contributed by atoms with Crippen LogP contribution >= 0.6 is 15.9 Å². The molecule has 1 N–H and O–H groups in total. The highest BCUT2D eigenvalue weighted by Crippen LogP contribution is 2.40. The van der Waals surface area contributed by atoms with Gasteiger partial charge in [0, 0.05) is 23.1 Å². The molecule has 94 valence electrons. The van der Waals surface area contributed by atoms with Gasteiger partial charge < -0.3 is 10.1 Å². The summed E-state index contributed by atoms with van der Waals surface area (Å²) in [6.07, 6.45) is 2.06. The van der Waals surface area contributed by atoms with Crippen LogP contribution in [0.2, 0.25) is 0 Å². The molecular weight excluding hydrogens is 285 g/mol. The molecule has 0 aromatic heterocycles. The summed E-state index contributed by atoms with van der Waals surface area (Å²) in [4.78, 5) is 0. The van der Waals surface area contributed by atoms with Gasteiger partial charge in [0.1, 0.15) is 17.2 Å². The lowest BCUT2D eigenvalue weighted by Gasteiger charge is -2.20. The third kappa shape index (κ3) is 3.68. The Bertz CT molecular complexity index is 384. The van der Waals surface area contributed by atoms with Crippen molar-refractivity contribution in [3.05, 3.63) is 28.5 Å². The first-order valence-corrected chi connectivity index (χ1v) is 6.67. The number of rotatable bonds is 5. The van der Waals surface area contributed by atoms with Crippen molar-refractivity contribution < 1.29 is 9.13 Å². The van der Waals surface area contributed by atoms with E-state index in [1.54, 1.807) is 6.07 Å². The van der Waals surface area contributed by atoms with Crippen LogP contribution < -0.4 is 10.1 Å². The van der Waals surface area contributed by atoms with E-state index >= 15 is 0 Å². The Morgan fingerprint density at radius 1 is 1.41 bits per heavy atom. The van der Waals surface area contributed by atoms with E-state index in [2.05, 4.69) is 35.1 Å². The standard InChI is InChI=1S/C13H17BrFNO/c1-9(2)16-8-13(3-4-13)17-12-6-10(14)5-11(15)7-12/h5-7,9,16H,3-4,8H2,1-2H3. The number of nitrogens with one attached hydrogen (secondary N) is 1. The molecule has 17 heavy (non-hydrogen) atoms. The third-order valence-corrected chi connectivity index (χ3v) is 3.27. The molecule has 0 radical (unpaired) electrons. The molecule has 1 aliphatic rings. The van der Waals surface area contributed by atoms with E-state index in [1.807, 2.05) is 0 Å². The fraction of sp³-hybridized carbons (Fsp3) is 0.538. The SMILES string of the molecule is CC(C)NCC1(Oc2cc(F)cc(Br)c2)CC1. The molecule has 0 amide bonds. The number of ether oxygens (including phenoxy) is 1. The van der Waals surface area contributed by atoms with Crippen molar-refractivity contribution in [2.24, 2.45) is 0 Å². The molecule has 1 saturated carbocycles. The van der Waals surface area contributed by atoms with E-state index in [-0.39, 0.29) is 11.4 Å². The summed E-state index contributed by atoms with van der Waals surface area (Å²) >= 11 is 3.27. The first kappa shape index (κ1) is 12.8. The van der Waals surface area contributed by atoms with Crippen LogP contribution in [-0.4, -0.2) is 18.2 Å². The fourth-order valence-electron chi connectivity index (χ4n) is 1.68. The number of hydrogen-bond acceptors (Lipinski definition) is 2. The van der Waals surface area contributed by atoms with Crippen LogP contribution in [0.25, 0.3) is 0 Å². The molecule has 2 nitrogen and oxygen atoms in total. The van der Waals surface area contributed by atoms with Crippen LogP contribution in [0.1, 0.15) is 26.7 Å². The van der Waals surface area contributed by atoms with Crippen LogP contribution in [0, 0.1) is 5.82 Å². The summed E-state index contributed by atoms with van der Waals surface area (Å²) < 4.78 is 19.8. The molecule has 1 aliphatic carbocycles. The van der Waals surface area contributed by atoms with Gasteiger partial charge in [-0.15, -0.1) is 0 Å². The molecule has 0 atom stereocenters. The quantitative estimate of drug-likeness (QED) is 0.899. The minimum atomic E-state index is -0.276. The molecule has 0 unspecified atom stereocenters. The Labute approximate surface area is 110 Å². The molecule has 0 heterocycles. The van der Waals surface area contributed by atoms with Crippen molar-refractivity contribution in [2.75, 3.05) is 6.54 Å². The molecule has 1 fully saturated rings. The number of benzene rings is 1. The summed E-state index contributed by atoms with van der Waals surface area (Å²) in [7, 11) is 0. The van der Waals surface area contributed by atoms with Gasteiger partial charge in [-0.05, 0) is 25.0 Å². The van der Waals surface area contributed by atoms with Crippen molar-refractivity contribution in [2.45, 2.75) is 38.3 Å². The van der Waals surface area contributed by atoms with E-state index in [0.29, 0.717) is 16.3 Å². The third-order valence-electron chi connectivity index (χ3n) is 2.81. The van der Waals surface area contributed by atoms with Gasteiger partial charge in [0.2, 0.25) is 0 Å². The average Bonchev–Trinajstić information content (AvgIpc) is 2.94. The Balaban J connectivity index is 2.00. The molecule has 0 aliphatic heterocycles. The van der Waals surface area contributed by atoms with Crippen molar-refractivity contribution in [3.8, 4) is 5.75 Å². The van der Waals surface area contributed by atoms with E-state index in [0.717, 1.165) is 19.4 Å². The van der Waals surface area contributed by atoms with E-state index in [9.17, 15) is 4.39 Å². The van der Waals surface area contributed by atoms with Gasteiger partial charge in [0.15, 0.2) is 0 Å². The monoisotopic (exact) mass is 301 g/mol. The number of halogens is 2. The molecule has 2 rings (SSSR count). The zero-order valence-electron chi connectivity index (χ0n) is 10.1. The zero-order chi connectivity index (χ0) is 12.5. The van der Waals surface area contributed by atoms with E-state index in [4.69, 9.17) is 4.74 Å². The first-order valence-electron chi connectivity index (χ1n) is 5.88. The van der Waals surface area contributed by atoms with Crippen LogP contribution in [-0.2, 0) is 0 Å². The van der Waals surface area contributed by atoms with Crippen molar-refractivity contribution in [3.63, 3.8) is 0 Å². The second-order valence-corrected chi connectivity index (χ2v) is 5.84. The van der Waals surface area contributed by atoms with Gasteiger partial charge in [0.05, 0.1) is 0 Å². The van der Waals surface area contributed by atoms with Gasteiger partial charge in [-0.1, -0.05) is 29.8 Å². The minimum Gasteiger partial charge on any atom is -0.486 e. The Kier molecular flexibility index (Phi) is 3.73. The highest BCUT2D eigenvalue weighted by molar-refractivity contribution is 9.10. The summed E-state index contributed by atoms with van der Waals surface area (Å²) in [5.74, 6) is 0.321. The second kappa shape index (κ2) is 4.94. The van der Waals surface area contributed by atoms with E-state index in [1.165, 1.54) is 12.1 Å². The van der Waals surface area contributed by atoms with Gasteiger partial charge >= 0.3 is 0 Å². The molecule has 4 heteroatoms. The highest BCUT2D eigenvalue weighted by Gasteiger charge is 2.45. The minimum absolute atomic E-state index is 0.127. The zero-order valence-corrected chi connectivity index (χ0v) is 11.7. The smallest absolute Gasteiger partial charge is 0.128 e. The van der Waals surface area contributed by atoms with Crippen LogP contribution in [0.4, 0.5) is 4.39 Å². The molecule has 0 saturated heterocycles. The Morgan fingerprint density at radius 2 is 2.12 bits per heavy atom. The van der Waals surface area contributed by atoms with Crippen LogP contribution in [0.3, 0.4) is 0 Å². The summed E-state index contributed by atoms with van der Waals surface area (Å²) in [5.41, 5.74) is -0.127. The lowest BCUT2D eigenvalue weighted by molar-refractivity contribution is 0.171. The van der Waals surface area contributed by atoms with Crippen molar-refractivity contribution in [1.29, 1.82) is 0 Å². The molecule has 0 bridgehead atoms. The first-order chi connectivity index (χ1) is 7.99. The molecular formula is C13H17BrFNO. The lowest BCUT2D eigenvalue weighted by Crippen LogP contribution is -2.36. The average molecular weight is 302 g/mol. The van der Waals surface area contributed by atoms with Crippen molar-refractivity contribution in [1.82, 2.24) is 5.32 Å². The fourth-order valence-corrected chi connectivity index (χ4v) is 2.13. The Hall–Kier alpha value is -0.610. The molecule has 0 spiro atoms. The van der Waals surface area contributed by atoms with E-state index < -0.39 is 0 Å². The summed E-state index contributed by atoms with van der Waals surface area (Å²) in [5, 5.41) is 3.37. The Morgan fingerprint density at radius 3 is 2.65 bits per heavy atom. The maximum absolute atomic E-state index is 13.2. The largest absolute Gasteiger partial charge is 0.486 e. The maximum atomic E-state index is 13.2. The predicted octanol–water partition coefficient (Wildman–Crippen LogP) is 3.50. The lowest BCUT2D eigenvalue weighted by atomic mass is 10.3.